The van der Waals surface area contributed by atoms with Crippen LogP contribution in [0.5, 0.6) is 5.88 Å². The van der Waals surface area contributed by atoms with Gasteiger partial charge in [-0.25, -0.2) is 4.98 Å². The highest BCUT2D eigenvalue weighted by Gasteiger charge is 2.47. The number of likely N-dealkylation sites (tertiary alicyclic amines) is 1. The number of nitrogens with one attached hydrogen (secondary N) is 1. The molecule has 3 heterocycles. The van der Waals surface area contributed by atoms with Crippen LogP contribution < -0.4 is 10.1 Å². The predicted molar refractivity (Wildman–Crippen MR) is 181 cm³/mol. The lowest BCUT2D eigenvalue weighted by Crippen LogP contribution is -2.48. The maximum atomic E-state index is 14.3. The van der Waals surface area contributed by atoms with E-state index in [0.29, 0.717) is 25.0 Å². The Balaban J connectivity index is 1.58. The number of amides is 2. The molecule has 0 radical (unpaired) electrons. The smallest absolute Gasteiger partial charge is 0.255 e. The minimum absolute atomic E-state index is 0.0318. The van der Waals surface area contributed by atoms with E-state index in [1.54, 1.807) is 29.2 Å². The molecule has 12 heteroatoms. The van der Waals surface area contributed by atoms with E-state index in [2.05, 4.69) is 49.3 Å². The van der Waals surface area contributed by atoms with Gasteiger partial charge in [0.05, 0.1) is 28.2 Å². The van der Waals surface area contributed by atoms with Gasteiger partial charge in [-0.3, -0.25) is 14.4 Å². The van der Waals surface area contributed by atoms with Gasteiger partial charge in [-0.2, -0.15) is 0 Å². The third-order valence-electron chi connectivity index (χ3n) is 9.14. The number of rotatable bonds is 12. The van der Waals surface area contributed by atoms with Crippen LogP contribution in [0.3, 0.4) is 0 Å². The first-order valence-electron chi connectivity index (χ1n) is 15.9. The van der Waals surface area contributed by atoms with Crippen LogP contribution in [0.25, 0.3) is 10.4 Å². The summed E-state index contributed by atoms with van der Waals surface area (Å²) in [5.74, 6) is -0.883. The largest absolute Gasteiger partial charge is 0.465 e. The van der Waals surface area contributed by atoms with Crippen molar-refractivity contribution in [3.8, 4) is 16.3 Å². The number of carbonyl (C=O) groups excluding carboxylic acids is 3. The molecule has 1 aliphatic rings. The van der Waals surface area contributed by atoms with Crippen molar-refractivity contribution in [1.82, 2.24) is 20.4 Å². The van der Waals surface area contributed by atoms with Gasteiger partial charge in [-0.1, -0.05) is 58.9 Å². The summed E-state index contributed by atoms with van der Waals surface area (Å²) in [6, 6.07) is 8.68. The Hall–Kier alpha value is -3.35. The molecule has 3 aromatic rings. The minimum Gasteiger partial charge on any atom is -0.465 e. The maximum Gasteiger partial charge on any atom is 0.255 e. The quantitative estimate of drug-likeness (QED) is 0.167. The molecule has 0 spiro atoms. The van der Waals surface area contributed by atoms with Gasteiger partial charge in [0.1, 0.15) is 12.0 Å². The van der Waals surface area contributed by atoms with Crippen molar-refractivity contribution in [2.45, 2.75) is 110 Å². The van der Waals surface area contributed by atoms with E-state index in [1.165, 1.54) is 0 Å². The average Bonchev–Trinajstić information content (AvgIpc) is 3.72. The topological polar surface area (TPSA) is 124 Å². The van der Waals surface area contributed by atoms with Gasteiger partial charge >= 0.3 is 0 Å². The van der Waals surface area contributed by atoms with Crippen LogP contribution >= 0.6 is 11.3 Å². The van der Waals surface area contributed by atoms with E-state index in [0.717, 1.165) is 21.7 Å². The number of hydrogen-bond donors (Lipinski definition) is 1. The van der Waals surface area contributed by atoms with Crippen molar-refractivity contribution in [2.75, 3.05) is 6.54 Å². The normalized spacial score (nSPS) is 19.2. The number of nitrogens with zero attached hydrogens (tertiary/aromatic N) is 3. The molecule has 2 amide bonds. The van der Waals surface area contributed by atoms with Gasteiger partial charge in [0.2, 0.25) is 11.8 Å². The second-order valence-corrected chi connectivity index (χ2v) is 19.7. The molecule has 4 rings (SSSR count). The van der Waals surface area contributed by atoms with Gasteiger partial charge in [-0.05, 0) is 61.1 Å². The number of thiazole rings is 1. The molecule has 5 atom stereocenters. The van der Waals surface area contributed by atoms with Crippen molar-refractivity contribution >= 4 is 37.8 Å². The Morgan fingerprint density at radius 3 is 2.39 bits per heavy atom. The molecular formula is C34H48N4O6SSi. The molecule has 1 N–H and O–H groups in total. The highest BCUT2D eigenvalue weighted by atomic mass is 32.1. The molecule has 10 nitrogen and oxygen atoms in total. The van der Waals surface area contributed by atoms with Crippen molar-refractivity contribution in [3.63, 3.8) is 0 Å². The highest BCUT2D eigenvalue weighted by molar-refractivity contribution is 7.13. The summed E-state index contributed by atoms with van der Waals surface area (Å²) < 4.78 is 17.8. The monoisotopic (exact) mass is 668 g/mol. The van der Waals surface area contributed by atoms with Crippen molar-refractivity contribution in [1.29, 1.82) is 0 Å². The summed E-state index contributed by atoms with van der Waals surface area (Å²) in [6.45, 7) is 20.6. The lowest BCUT2D eigenvalue weighted by Gasteiger charge is -2.38. The third kappa shape index (κ3) is 7.95. The molecule has 1 aromatic carbocycles. The summed E-state index contributed by atoms with van der Waals surface area (Å²) in [5, 5.41) is 7.07. The van der Waals surface area contributed by atoms with E-state index in [-0.39, 0.29) is 40.8 Å². The zero-order valence-corrected chi connectivity index (χ0v) is 30.4. The van der Waals surface area contributed by atoms with E-state index in [4.69, 9.17) is 13.7 Å². The van der Waals surface area contributed by atoms with Crippen LogP contribution in [0.15, 0.2) is 40.4 Å². The van der Waals surface area contributed by atoms with E-state index in [1.807, 2.05) is 57.5 Å². The number of carbonyl (C=O) groups is 3. The second kappa shape index (κ2) is 14.2. The van der Waals surface area contributed by atoms with E-state index < -0.39 is 26.4 Å². The molecule has 3 unspecified atom stereocenters. The summed E-state index contributed by atoms with van der Waals surface area (Å²) in [6.07, 6.45) is 0.0634. The fraction of sp³-hybridized carbons (Fsp3) is 0.559. The van der Waals surface area contributed by atoms with Crippen LogP contribution in [0, 0.1) is 12.8 Å². The van der Waals surface area contributed by atoms with Crippen LogP contribution in [0.2, 0.25) is 18.1 Å². The first kappa shape index (κ1) is 35.5. The van der Waals surface area contributed by atoms with Crippen molar-refractivity contribution < 1.29 is 28.1 Å². The van der Waals surface area contributed by atoms with Gasteiger partial charge < -0.3 is 23.9 Å². The number of ether oxygens (including phenoxy) is 1. The lowest BCUT2D eigenvalue weighted by molar-refractivity contribution is -0.141. The number of aromatic nitrogens is 2. The molecule has 0 saturated carbocycles. The molecular weight excluding hydrogens is 621 g/mol. The summed E-state index contributed by atoms with van der Waals surface area (Å²) in [7, 11) is -2.19. The van der Waals surface area contributed by atoms with Gasteiger partial charge in [0, 0.05) is 19.0 Å². The SMILES string of the molecule is Cc1ncsc1-c1ccc(C(C)NC(=O)[C@@H]2C[C@@H](O[Si](C)(C)C(C)(C)C)CN2C(=O)C(c2cc(OC(C)C=O)no2)C(C)C)cc1. The Morgan fingerprint density at radius 2 is 1.83 bits per heavy atom. The van der Waals surface area contributed by atoms with Gasteiger partial charge in [-0.15, -0.1) is 11.3 Å². The Bertz CT molecular complexity index is 1510. The zero-order valence-electron chi connectivity index (χ0n) is 28.6. The summed E-state index contributed by atoms with van der Waals surface area (Å²) >= 11 is 1.60. The maximum absolute atomic E-state index is 14.3. The van der Waals surface area contributed by atoms with Crippen molar-refractivity contribution in [2.24, 2.45) is 5.92 Å². The average molecular weight is 669 g/mol. The standard InChI is InChI=1S/C34H48N4O6SSi/c1-20(2)30(28-16-29(37-43-28)42-21(3)18-39)33(41)38-17-26(44-46(9,10)34(6,7)8)15-27(38)32(40)36-22(4)24-11-13-25(14-12-24)31-23(5)35-19-45-31/h11-14,16,18-22,26-27,30H,15,17H2,1-10H3,(H,36,40)/t21?,22?,26-,27+,30?/m1/s1. The molecule has 1 saturated heterocycles. The minimum atomic E-state index is -2.19. The molecule has 0 aliphatic carbocycles. The second-order valence-electron chi connectivity index (χ2n) is 14.1. The van der Waals surface area contributed by atoms with Gasteiger partial charge in [0.25, 0.3) is 5.88 Å². The summed E-state index contributed by atoms with van der Waals surface area (Å²) in [4.78, 5) is 46.5. The van der Waals surface area contributed by atoms with E-state index in [9.17, 15) is 14.4 Å². The zero-order chi connectivity index (χ0) is 34.0. The predicted octanol–water partition coefficient (Wildman–Crippen LogP) is 6.68. The number of aryl methyl sites for hydroxylation is 1. The molecule has 46 heavy (non-hydrogen) atoms. The highest BCUT2D eigenvalue weighted by Crippen LogP contribution is 2.40. The summed E-state index contributed by atoms with van der Waals surface area (Å²) in [5.41, 5.74) is 4.87. The van der Waals surface area contributed by atoms with Gasteiger partial charge in [0.15, 0.2) is 26.5 Å². The Labute approximate surface area is 277 Å². The first-order chi connectivity index (χ1) is 21.5. The third-order valence-corrected chi connectivity index (χ3v) is 14.6. The van der Waals surface area contributed by atoms with Crippen LogP contribution in [0.1, 0.15) is 83.9 Å². The Kier molecular flexibility index (Phi) is 10.9. The van der Waals surface area contributed by atoms with Crippen LogP contribution in [-0.4, -0.2) is 66.3 Å². The number of hydrogen-bond acceptors (Lipinski definition) is 9. The molecule has 2 aromatic heterocycles. The van der Waals surface area contributed by atoms with Crippen molar-refractivity contribution in [3.05, 3.63) is 52.9 Å². The van der Waals surface area contributed by atoms with Crippen LogP contribution in [-0.2, 0) is 18.8 Å². The Morgan fingerprint density at radius 1 is 1.15 bits per heavy atom. The molecule has 0 bridgehead atoms. The number of aldehydes is 1. The van der Waals surface area contributed by atoms with Crippen LogP contribution in [0.4, 0.5) is 0 Å². The molecule has 250 valence electrons. The van der Waals surface area contributed by atoms with E-state index >= 15 is 0 Å². The fourth-order valence-electron chi connectivity index (χ4n) is 5.47. The number of benzene rings is 1. The lowest BCUT2D eigenvalue weighted by atomic mass is 9.91. The molecule has 1 fully saturated rings. The fourth-order valence-corrected chi connectivity index (χ4v) is 7.64. The first-order valence-corrected chi connectivity index (χ1v) is 19.7. The molecule has 1 aliphatic heterocycles.